The van der Waals surface area contributed by atoms with Crippen LogP contribution in [-0.2, 0) is 11.3 Å². The van der Waals surface area contributed by atoms with E-state index >= 15 is 0 Å². The van der Waals surface area contributed by atoms with Gasteiger partial charge in [0.15, 0.2) is 0 Å². The first-order chi connectivity index (χ1) is 6.13. The minimum absolute atomic E-state index is 0.0171. The lowest BCUT2D eigenvalue weighted by atomic mass is 10.2. The van der Waals surface area contributed by atoms with Gasteiger partial charge in [-0.1, -0.05) is 13.8 Å². The molecule has 4 heteroatoms. The van der Waals surface area contributed by atoms with Crippen molar-refractivity contribution in [1.82, 2.24) is 0 Å². The number of carbonyl (C=O) groups excluding carboxylic acids is 1. The Kier molecular flexibility index (Phi) is 3.45. The molecular weight excluding hydrogens is 184 g/mol. The summed E-state index contributed by atoms with van der Waals surface area (Å²) in [7, 11) is 0. The molecule has 1 rings (SSSR count). The van der Waals surface area contributed by atoms with Crippen LogP contribution >= 0.6 is 11.3 Å². The van der Waals surface area contributed by atoms with E-state index in [2.05, 4.69) is 5.32 Å². The molecule has 0 saturated carbocycles. The van der Waals surface area contributed by atoms with E-state index in [9.17, 15) is 4.79 Å². The van der Waals surface area contributed by atoms with Crippen molar-refractivity contribution in [1.29, 1.82) is 0 Å². The van der Waals surface area contributed by atoms with Gasteiger partial charge in [-0.2, -0.15) is 0 Å². The van der Waals surface area contributed by atoms with Crippen LogP contribution in [0.15, 0.2) is 12.1 Å². The number of rotatable bonds is 3. The smallest absolute Gasteiger partial charge is 0.227 e. The number of carbonyl (C=O) groups is 1. The number of thiophene rings is 1. The Morgan fingerprint density at radius 3 is 2.77 bits per heavy atom. The summed E-state index contributed by atoms with van der Waals surface area (Å²) in [6.07, 6.45) is 0. The number of hydrogen-bond donors (Lipinski definition) is 2. The molecule has 0 unspecified atom stereocenters. The third kappa shape index (κ3) is 2.82. The molecule has 0 saturated heterocycles. The Labute approximate surface area is 81.9 Å². The number of anilines is 1. The van der Waals surface area contributed by atoms with E-state index in [4.69, 9.17) is 5.73 Å². The van der Waals surface area contributed by atoms with E-state index < -0.39 is 0 Å². The summed E-state index contributed by atoms with van der Waals surface area (Å²) in [6, 6.07) is 3.81. The number of amides is 1. The van der Waals surface area contributed by atoms with Crippen molar-refractivity contribution in [2.75, 3.05) is 5.32 Å². The SMILES string of the molecule is CC(C)C(=O)Nc1ccc(CN)s1. The molecule has 0 atom stereocenters. The fourth-order valence-electron chi connectivity index (χ4n) is 0.821. The first-order valence-corrected chi connectivity index (χ1v) is 5.04. The third-order valence-electron chi connectivity index (χ3n) is 1.63. The monoisotopic (exact) mass is 198 g/mol. The summed E-state index contributed by atoms with van der Waals surface area (Å²) in [4.78, 5) is 12.4. The van der Waals surface area contributed by atoms with Crippen LogP contribution in [0.3, 0.4) is 0 Å². The number of nitrogens with one attached hydrogen (secondary N) is 1. The third-order valence-corrected chi connectivity index (χ3v) is 2.66. The van der Waals surface area contributed by atoms with Gasteiger partial charge in [-0.25, -0.2) is 0 Å². The highest BCUT2D eigenvalue weighted by molar-refractivity contribution is 7.16. The molecule has 1 aromatic heterocycles. The lowest BCUT2D eigenvalue weighted by Gasteiger charge is -2.03. The molecule has 13 heavy (non-hydrogen) atoms. The van der Waals surface area contributed by atoms with Gasteiger partial charge in [0.25, 0.3) is 0 Å². The summed E-state index contributed by atoms with van der Waals surface area (Å²) < 4.78 is 0. The zero-order chi connectivity index (χ0) is 9.84. The van der Waals surface area contributed by atoms with Gasteiger partial charge in [0.2, 0.25) is 5.91 Å². The van der Waals surface area contributed by atoms with Gasteiger partial charge in [0, 0.05) is 17.3 Å². The summed E-state index contributed by atoms with van der Waals surface area (Å²) in [6.45, 7) is 4.27. The maximum atomic E-state index is 11.3. The topological polar surface area (TPSA) is 55.1 Å². The average Bonchev–Trinajstić information content (AvgIpc) is 2.52. The van der Waals surface area contributed by atoms with Gasteiger partial charge in [-0.05, 0) is 12.1 Å². The van der Waals surface area contributed by atoms with Crippen LogP contribution in [0.1, 0.15) is 18.7 Å². The summed E-state index contributed by atoms with van der Waals surface area (Å²) in [5.41, 5.74) is 5.45. The summed E-state index contributed by atoms with van der Waals surface area (Å²) >= 11 is 1.52. The molecule has 1 aromatic rings. The van der Waals surface area contributed by atoms with Crippen molar-refractivity contribution >= 4 is 22.2 Å². The Morgan fingerprint density at radius 2 is 2.31 bits per heavy atom. The minimum Gasteiger partial charge on any atom is -0.326 e. The van der Waals surface area contributed by atoms with Crippen molar-refractivity contribution in [2.45, 2.75) is 20.4 Å². The van der Waals surface area contributed by atoms with E-state index in [-0.39, 0.29) is 11.8 Å². The van der Waals surface area contributed by atoms with Gasteiger partial charge >= 0.3 is 0 Å². The van der Waals surface area contributed by atoms with Crippen LogP contribution in [0, 0.1) is 5.92 Å². The van der Waals surface area contributed by atoms with Crippen LogP contribution in [0.25, 0.3) is 0 Å². The largest absolute Gasteiger partial charge is 0.326 e. The lowest BCUT2D eigenvalue weighted by Crippen LogP contribution is -2.16. The summed E-state index contributed by atoms with van der Waals surface area (Å²) in [5, 5.41) is 3.69. The Balaban J connectivity index is 2.59. The van der Waals surface area contributed by atoms with Crippen LogP contribution in [0.4, 0.5) is 5.00 Å². The highest BCUT2D eigenvalue weighted by atomic mass is 32.1. The van der Waals surface area contributed by atoms with Crippen LogP contribution in [0.2, 0.25) is 0 Å². The van der Waals surface area contributed by atoms with Gasteiger partial charge in [0.1, 0.15) is 0 Å². The second-order valence-electron chi connectivity index (χ2n) is 3.11. The van der Waals surface area contributed by atoms with Crippen LogP contribution < -0.4 is 11.1 Å². The normalized spacial score (nSPS) is 10.5. The predicted octanol–water partition coefficient (Wildman–Crippen LogP) is 1.80. The Hall–Kier alpha value is -0.870. The highest BCUT2D eigenvalue weighted by Crippen LogP contribution is 2.21. The van der Waals surface area contributed by atoms with E-state index in [1.807, 2.05) is 26.0 Å². The number of nitrogens with two attached hydrogens (primary N) is 1. The lowest BCUT2D eigenvalue weighted by molar-refractivity contribution is -0.118. The molecular formula is C9H14N2OS. The van der Waals surface area contributed by atoms with Gasteiger partial charge in [0.05, 0.1) is 5.00 Å². The molecule has 0 bridgehead atoms. The van der Waals surface area contributed by atoms with Crippen molar-refractivity contribution in [3.63, 3.8) is 0 Å². The fraction of sp³-hybridized carbons (Fsp3) is 0.444. The fourth-order valence-corrected chi connectivity index (χ4v) is 1.61. The minimum atomic E-state index is 0.0171. The zero-order valence-electron chi connectivity index (χ0n) is 7.83. The van der Waals surface area contributed by atoms with E-state index in [1.54, 1.807) is 0 Å². The molecule has 3 nitrogen and oxygen atoms in total. The molecule has 1 amide bonds. The first kappa shape index (κ1) is 10.2. The van der Waals surface area contributed by atoms with Crippen LogP contribution in [0.5, 0.6) is 0 Å². The van der Waals surface area contributed by atoms with Crippen molar-refractivity contribution < 1.29 is 4.79 Å². The zero-order valence-corrected chi connectivity index (χ0v) is 8.65. The van der Waals surface area contributed by atoms with E-state index in [0.717, 1.165) is 9.88 Å². The van der Waals surface area contributed by atoms with Crippen LogP contribution in [-0.4, -0.2) is 5.91 Å². The maximum absolute atomic E-state index is 11.3. The van der Waals surface area contributed by atoms with Crippen molar-refractivity contribution in [3.8, 4) is 0 Å². The standard InChI is InChI=1S/C9H14N2OS/c1-6(2)9(12)11-8-4-3-7(5-10)13-8/h3-4,6H,5,10H2,1-2H3,(H,11,12). The molecule has 0 aliphatic carbocycles. The Morgan fingerprint density at radius 1 is 1.62 bits per heavy atom. The van der Waals surface area contributed by atoms with E-state index in [1.165, 1.54) is 11.3 Å². The molecule has 72 valence electrons. The molecule has 0 spiro atoms. The molecule has 0 aliphatic rings. The predicted molar refractivity (Wildman–Crippen MR) is 55.7 cm³/mol. The molecule has 0 fully saturated rings. The van der Waals surface area contributed by atoms with Gasteiger partial charge in [-0.3, -0.25) is 4.79 Å². The second-order valence-corrected chi connectivity index (χ2v) is 4.28. The Bertz CT molecular complexity index is 294. The quantitative estimate of drug-likeness (QED) is 0.778. The van der Waals surface area contributed by atoms with Crippen molar-refractivity contribution in [2.24, 2.45) is 11.7 Å². The average molecular weight is 198 g/mol. The van der Waals surface area contributed by atoms with E-state index in [0.29, 0.717) is 6.54 Å². The molecule has 3 N–H and O–H groups in total. The molecule has 0 aliphatic heterocycles. The second kappa shape index (κ2) is 4.39. The first-order valence-electron chi connectivity index (χ1n) is 4.23. The van der Waals surface area contributed by atoms with Gasteiger partial charge < -0.3 is 11.1 Å². The molecule has 0 radical (unpaired) electrons. The summed E-state index contributed by atoms with van der Waals surface area (Å²) in [5.74, 6) is 0.0637. The number of hydrogen-bond acceptors (Lipinski definition) is 3. The molecule has 1 heterocycles. The highest BCUT2D eigenvalue weighted by Gasteiger charge is 2.07. The van der Waals surface area contributed by atoms with Crippen molar-refractivity contribution in [3.05, 3.63) is 17.0 Å². The van der Waals surface area contributed by atoms with Gasteiger partial charge in [-0.15, -0.1) is 11.3 Å². The maximum Gasteiger partial charge on any atom is 0.227 e. The molecule has 0 aromatic carbocycles.